The van der Waals surface area contributed by atoms with E-state index in [9.17, 15) is 19.7 Å². The average molecular weight is 491 g/mol. The Kier molecular flexibility index (Phi) is 7.11. The van der Waals surface area contributed by atoms with Crippen molar-refractivity contribution in [1.82, 2.24) is 9.55 Å². The summed E-state index contributed by atoms with van der Waals surface area (Å²) in [7, 11) is 1.58. The number of aryl methyl sites for hydroxylation is 1. The molecule has 1 heterocycles. The zero-order valence-corrected chi connectivity index (χ0v) is 19.9. The number of hydrogen-bond acceptors (Lipinski definition) is 7. The molecule has 0 aliphatic carbocycles. The lowest BCUT2D eigenvalue weighted by Gasteiger charge is -2.14. The number of benzene rings is 3. The van der Waals surface area contributed by atoms with Gasteiger partial charge in [-0.05, 0) is 42.3 Å². The summed E-state index contributed by atoms with van der Waals surface area (Å²) in [5.74, 6) is 0.180. The van der Waals surface area contributed by atoms with E-state index < -0.39 is 10.8 Å². The Bertz CT molecular complexity index is 1470. The molecule has 0 aliphatic heterocycles. The van der Waals surface area contributed by atoms with Crippen LogP contribution >= 0.6 is 11.8 Å². The number of fused-ring (bicyclic) bond motifs is 1. The number of amides is 1. The van der Waals surface area contributed by atoms with Gasteiger partial charge in [0.2, 0.25) is 5.91 Å². The second kappa shape index (κ2) is 10.4. The number of aromatic nitrogens is 2. The van der Waals surface area contributed by atoms with E-state index in [1.54, 1.807) is 50.4 Å². The van der Waals surface area contributed by atoms with E-state index in [1.165, 1.54) is 10.6 Å². The first-order valence-corrected chi connectivity index (χ1v) is 11.6. The number of carbonyl (C=O) groups is 1. The smallest absolute Gasteiger partial charge is 0.293 e. The highest BCUT2D eigenvalue weighted by Gasteiger charge is 2.19. The van der Waals surface area contributed by atoms with Gasteiger partial charge in [-0.2, -0.15) is 0 Å². The number of nitrogens with zero attached hydrogens (tertiary/aromatic N) is 3. The van der Waals surface area contributed by atoms with Crippen LogP contribution in [-0.4, -0.2) is 33.2 Å². The molecular formula is C25H22N4O5S. The molecule has 10 heteroatoms. The van der Waals surface area contributed by atoms with Crippen LogP contribution in [0.15, 0.2) is 76.7 Å². The van der Waals surface area contributed by atoms with Gasteiger partial charge in [-0.25, -0.2) is 4.98 Å². The minimum atomic E-state index is -0.535. The molecule has 0 saturated carbocycles. The molecule has 4 rings (SSSR count). The summed E-state index contributed by atoms with van der Waals surface area (Å²) in [6.45, 7) is 1.95. The molecule has 35 heavy (non-hydrogen) atoms. The third kappa shape index (κ3) is 5.33. The summed E-state index contributed by atoms with van der Waals surface area (Å²) in [4.78, 5) is 41.4. The molecule has 1 aromatic heterocycles. The molecular weight excluding hydrogens is 468 g/mol. The number of carbonyl (C=O) groups excluding carboxylic acids is 1. The summed E-state index contributed by atoms with van der Waals surface area (Å²) < 4.78 is 6.72. The van der Waals surface area contributed by atoms with Crippen molar-refractivity contribution in [1.29, 1.82) is 0 Å². The number of nitrogens with one attached hydrogen (secondary N) is 1. The van der Waals surface area contributed by atoms with Gasteiger partial charge in [-0.1, -0.05) is 48.2 Å². The molecule has 1 amide bonds. The third-order valence-electron chi connectivity index (χ3n) is 5.37. The van der Waals surface area contributed by atoms with Crippen LogP contribution in [0.2, 0.25) is 0 Å². The lowest BCUT2D eigenvalue weighted by molar-refractivity contribution is -0.384. The summed E-state index contributed by atoms with van der Waals surface area (Å²) in [5, 5.41) is 14.8. The first-order valence-electron chi connectivity index (χ1n) is 10.7. The molecule has 9 nitrogen and oxygen atoms in total. The first kappa shape index (κ1) is 24.0. The van der Waals surface area contributed by atoms with E-state index in [2.05, 4.69) is 10.3 Å². The fourth-order valence-electron chi connectivity index (χ4n) is 3.58. The average Bonchev–Trinajstić information content (AvgIpc) is 2.86. The summed E-state index contributed by atoms with van der Waals surface area (Å²) in [6.07, 6.45) is 0. The van der Waals surface area contributed by atoms with Crippen molar-refractivity contribution >= 4 is 39.9 Å². The van der Waals surface area contributed by atoms with Gasteiger partial charge in [0.05, 0.1) is 35.2 Å². The number of nitro benzene ring substituents is 1. The second-order valence-corrected chi connectivity index (χ2v) is 8.66. The van der Waals surface area contributed by atoms with Crippen LogP contribution in [0.1, 0.15) is 11.1 Å². The quantitative estimate of drug-likeness (QED) is 0.168. The standard InChI is InChI=1S/C25H22N4O5S/c1-16-6-5-9-21(29(32)33)23(16)27-22(30)15-35-25-26-20-8-4-3-7-19(20)24(31)28(25)14-17-10-12-18(34-2)13-11-17/h3-13H,14-15H2,1-2H3,(H,27,30). The van der Waals surface area contributed by atoms with E-state index in [4.69, 9.17) is 4.74 Å². The third-order valence-corrected chi connectivity index (χ3v) is 6.35. The van der Waals surface area contributed by atoms with Gasteiger partial charge in [0.25, 0.3) is 11.2 Å². The zero-order valence-electron chi connectivity index (χ0n) is 19.1. The number of thioether (sulfide) groups is 1. The van der Waals surface area contributed by atoms with Crippen molar-refractivity contribution < 1.29 is 14.5 Å². The lowest BCUT2D eigenvalue weighted by atomic mass is 10.1. The van der Waals surface area contributed by atoms with Crippen LogP contribution in [0.4, 0.5) is 11.4 Å². The van der Waals surface area contributed by atoms with Crippen molar-refractivity contribution in [3.05, 3.63) is 98.3 Å². The SMILES string of the molecule is COc1ccc(Cn2c(SCC(=O)Nc3c(C)cccc3[N+](=O)[O-])nc3ccccc3c2=O)cc1. The Hall–Kier alpha value is -4.18. The van der Waals surface area contributed by atoms with Gasteiger partial charge in [0, 0.05) is 6.07 Å². The predicted molar refractivity (Wildman–Crippen MR) is 135 cm³/mol. The number of ether oxygens (including phenoxy) is 1. The highest BCUT2D eigenvalue weighted by molar-refractivity contribution is 7.99. The van der Waals surface area contributed by atoms with Gasteiger partial charge in [0.15, 0.2) is 5.16 Å². The molecule has 0 bridgehead atoms. The zero-order chi connectivity index (χ0) is 24.9. The summed E-state index contributed by atoms with van der Waals surface area (Å²) >= 11 is 1.10. The molecule has 1 N–H and O–H groups in total. The van der Waals surface area contributed by atoms with E-state index in [0.717, 1.165) is 17.3 Å². The molecule has 0 saturated heterocycles. The van der Waals surface area contributed by atoms with E-state index in [1.807, 2.05) is 24.3 Å². The van der Waals surface area contributed by atoms with Crippen LogP contribution in [-0.2, 0) is 11.3 Å². The minimum absolute atomic E-state index is 0.0844. The lowest BCUT2D eigenvalue weighted by Crippen LogP contribution is -2.25. The summed E-state index contributed by atoms with van der Waals surface area (Å²) in [6, 6.07) is 19.0. The van der Waals surface area contributed by atoms with Crippen LogP contribution in [0, 0.1) is 17.0 Å². The molecule has 0 aliphatic rings. The molecule has 0 unspecified atom stereocenters. The van der Waals surface area contributed by atoms with Crippen molar-refractivity contribution in [2.24, 2.45) is 0 Å². The maximum Gasteiger partial charge on any atom is 0.293 e. The normalized spacial score (nSPS) is 10.8. The fraction of sp³-hybridized carbons (Fsp3) is 0.160. The first-order chi connectivity index (χ1) is 16.9. The van der Waals surface area contributed by atoms with Crippen molar-refractivity contribution in [3.8, 4) is 5.75 Å². The molecule has 0 radical (unpaired) electrons. The highest BCUT2D eigenvalue weighted by Crippen LogP contribution is 2.28. The van der Waals surface area contributed by atoms with Crippen LogP contribution < -0.4 is 15.6 Å². The fourth-order valence-corrected chi connectivity index (χ4v) is 4.38. The number of nitro groups is 1. The number of methoxy groups -OCH3 is 1. The molecule has 4 aromatic rings. The van der Waals surface area contributed by atoms with Gasteiger partial charge in [0.1, 0.15) is 11.4 Å². The van der Waals surface area contributed by atoms with Crippen LogP contribution in [0.25, 0.3) is 10.9 Å². The maximum atomic E-state index is 13.3. The Morgan fingerprint density at radius 1 is 1.11 bits per heavy atom. The van der Waals surface area contributed by atoms with Crippen LogP contribution in [0.5, 0.6) is 5.75 Å². The minimum Gasteiger partial charge on any atom is -0.497 e. The van der Waals surface area contributed by atoms with Crippen molar-refractivity contribution in [2.75, 3.05) is 18.2 Å². The van der Waals surface area contributed by atoms with Gasteiger partial charge in [-0.3, -0.25) is 24.3 Å². The Morgan fingerprint density at radius 3 is 2.57 bits per heavy atom. The topological polar surface area (TPSA) is 116 Å². The Morgan fingerprint density at radius 2 is 1.86 bits per heavy atom. The molecule has 178 valence electrons. The van der Waals surface area contributed by atoms with E-state index in [-0.39, 0.29) is 29.2 Å². The predicted octanol–water partition coefficient (Wildman–Crippen LogP) is 4.40. The van der Waals surface area contributed by atoms with Gasteiger partial charge < -0.3 is 10.1 Å². The van der Waals surface area contributed by atoms with E-state index in [0.29, 0.717) is 27.4 Å². The van der Waals surface area contributed by atoms with Crippen LogP contribution in [0.3, 0.4) is 0 Å². The Balaban J connectivity index is 1.62. The number of rotatable bonds is 8. The monoisotopic (exact) mass is 490 g/mol. The summed E-state index contributed by atoms with van der Waals surface area (Å²) in [5.41, 5.74) is 1.74. The van der Waals surface area contributed by atoms with Crippen molar-refractivity contribution in [3.63, 3.8) is 0 Å². The second-order valence-electron chi connectivity index (χ2n) is 7.71. The number of para-hydroxylation sites is 2. The molecule has 3 aromatic carbocycles. The largest absolute Gasteiger partial charge is 0.497 e. The highest BCUT2D eigenvalue weighted by atomic mass is 32.2. The maximum absolute atomic E-state index is 13.3. The van der Waals surface area contributed by atoms with Gasteiger partial charge >= 0.3 is 0 Å². The number of anilines is 1. The number of hydrogen-bond donors (Lipinski definition) is 1. The molecule has 0 fully saturated rings. The Labute approximate surface area is 204 Å². The van der Waals surface area contributed by atoms with E-state index >= 15 is 0 Å². The van der Waals surface area contributed by atoms with Gasteiger partial charge in [-0.15, -0.1) is 0 Å². The van der Waals surface area contributed by atoms with Crippen molar-refractivity contribution in [2.45, 2.75) is 18.6 Å². The molecule has 0 atom stereocenters. The molecule has 0 spiro atoms.